The number of unbranched alkanes of at least 4 members (excludes halogenated alkanes) is 10. The van der Waals surface area contributed by atoms with Crippen LogP contribution in [0, 0.1) is 34.5 Å². The lowest BCUT2D eigenvalue weighted by molar-refractivity contribution is -0.364. The molecule has 3 fully saturated rings. The van der Waals surface area contributed by atoms with Gasteiger partial charge in [0.1, 0.15) is 5.60 Å². The molecule has 0 aromatic carbocycles. The number of aromatic nitrogens is 2. The molecule has 0 bridgehead atoms. The fourth-order valence-corrected chi connectivity index (χ4v) is 11.2. The average Bonchev–Trinajstić information content (AvgIpc) is 3.33. The second-order valence-electron chi connectivity index (χ2n) is 15.8. The Labute approximate surface area is 287 Å². The maximum absolute atomic E-state index is 15.1. The van der Waals surface area contributed by atoms with Gasteiger partial charge in [0, 0.05) is 30.0 Å². The van der Waals surface area contributed by atoms with Crippen molar-refractivity contribution in [2.45, 2.75) is 159 Å². The number of alkyl halides is 5. The zero-order chi connectivity index (χ0) is 34.6. The molecule has 3 saturated carbocycles. The molecular formula is C38H55F5N2O2S. The van der Waals surface area contributed by atoms with Crippen LogP contribution in [0.4, 0.5) is 22.0 Å². The van der Waals surface area contributed by atoms with Crippen molar-refractivity contribution in [2.24, 2.45) is 34.5 Å². The van der Waals surface area contributed by atoms with Gasteiger partial charge in [0.05, 0.1) is 0 Å². The Bertz CT molecular complexity index is 1260. The van der Waals surface area contributed by atoms with Crippen molar-refractivity contribution in [1.29, 1.82) is 0 Å². The molecule has 48 heavy (non-hydrogen) atoms. The van der Waals surface area contributed by atoms with E-state index in [9.17, 15) is 23.1 Å². The summed E-state index contributed by atoms with van der Waals surface area (Å²) in [6, 6.07) is 1.83. The van der Waals surface area contributed by atoms with Crippen molar-refractivity contribution < 1.29 is 31.9 Å². The third-order valence-electron chi connectivity index (χ3n) is 13.2. The second kappa shape index (κ2) is 15.4. The first-order chi connectivity index (χ1) is 22.7. The van der Waals surface area contributed by atoms with E-state index in [4.69, 9.17) is 0 Å². The predicted octanol–water partition coefficient (Wildman–Crippen LogP) is 10.9. The molecule has 0 aliphatic heterocycles. The van der Waals surface area contributed by atoms with E-state index in [0.29, 0.717) is 25.7 Å². The highest BCUT2D eigenvalue weighted by Gasteiger charge is 2.79. The molecule has 10 heteroatoms. The van der Waals surface area contributed by atoms with Gasteiger partial charge in [-0.25, -0.2) is 9.97 Å². The lowest BCUT2D eigenvalue weighted by atomic mass is 9.43. The van der Waals surface area contributed by atoms with Crippen LogP contribution in [0.15, 0.2) is 35.3 Å². The van der Waals surface area contributed by atoms with Crippen LogP contribution in [0.3, 0.4) is 0 Å². The van der Waals surface area contributed by atoms with Gasteiger partial charge in [0.2, 0.25) is 0 Å². The minimum atomic E-state index is -5.80. The van der Waals surface area contributed by atoms with Crippen molar-refractivity contribution in [2.75, 3.05) is 5.75 Å². The number of halogens is 5. The third-order valence-corrected chi connectivity index (χ3v) is 14.1. The number of carbonyl (C=O) groups is 1. The average molecular weight is 699 g/mol. The van der Waals surface area contributed by atoms with Gasteiger partial charge in [0.15, 0.2) is 10.9 Å². The zero-order valence-electron chi connectivity index (χ0n) is 28.8. The van der Waals surface area contributed by atoms with E-state index in [1.165, 1.54) is 58.3 Å². The van der Waals surface area contributed by atoms with Gasteiger partial charge in [-0.05, 0) is 92.6 Å². The number of nitrogens with zero attached hydrogens (tertiary/aromatic N) is 2. The molecule has 1 aromatic heterocycles. The van der Waals surface area contributed by atoms with Crippen molar-refractivity contribution in [3.8, 4) is 0 Å². The highest BCUT2D eigenvalue weighted by molar-refractivity contribution is 7.99. The largest absolute Gasteiger partial charge is 0.456 e. The predicted molar refractivity (Wildman–Crippen MR) is 180 cm³/mol. The summed E-state index contributed by atoms with van der Waals surface area (Å²) < 4.78 is 71.2. The van der Waals surface area contributed by atoms with E-state index in [1.807, 2.05) is 12.1 Å². The van der Waals surface area contributed by atoms with Gasteiger partial charge < -0.3 is 5.11 Å². The number of hydrogen-bond acceptors (Lipinski definition) is 5. The molecule has 4 aliphatic carbocycles. The second-order valence-corrected chi connectivity index (χ2v) is 16.9. The molecule has 4 aliphatic rings. The first-order valence-electron chi connectivity index (χ1n) is 18.6. The molecule has 0 amide bonds. The first-order valence-corrected chi connectivity index (χ1v) is 19.5. The Balaban J connectivity index is 1.09. The van der Waals surface area contributed by atoms with Crippen LogP contribution in [-0.4, -0.2) is 44.3 Å². The van der Waals surface area contributed by atoms with E-state index in [0.717, 1.165) is 42.2 Å². The van der Waals surface area contributed by atoms with E-state index in [-0.39, 0.29) is 41.8 Å². The van der Waals surface area contributed by atoms with Crippen molar-refractivity contribution in [1.82, 2.24) is 9.97 Å². The monoisotopic (exact) mass is 698 g/mol. The molecule has 2 unspecified atom stereocenters. The Morgan fingerprint density at radius 1 is 0.833 bits per heavy atom. The molecule has 4 nitrogen and oxygen atoms in total. The normalized spacial score (nSPS) is 33.6. The van der Waals surface area contributed by atoms with Crippen LogP contribution >= 0.6 is 11.8 Å². The number of rotatable bonds is 16. The number of thioether (sulfide) groups is 1. The lowest BCUT2D eigenvalue weighted by Crippen LogP contribution is -2.66. The molecule has 270 valence electrons. The van der Waals surface area contributed by atoms with Gasteiger partial charge >= 0.3 is 12.1 Å². The highest BCUT2D eigenvalue weighted by Crippen LogP contribution is 2.72. The van der Waals surface area contributed by atoms with Crippen LogP contribution in [0.5, 0.6) is 0 Å². The van der Waals surface area contributed by atoms with Crippen LogP contribution < -0.4 is 0 Å². The van der Waals surface area contributed by atoms with E-state index in [1.54, 1.807) is 24.2 Å². The summed E-state index contributed by atoms with van der Waals surface area (Å²) in [5.41, 5.74) is -3.69. The summed E-state index contributed by atoms with van der Waals surface area (Å²) >= 11 is 1.71. The molecule has 1 N–H and O–H groups in total. The summed E-state index contributed by atoms with van der Waals surface area (Å²) in [5.74, 6) is -4.13. The van der Waals surface area contributed by atoms with E-state index < -0.39 is 35.5 Å². The summed E-state index contributed by atoms with van der Waals surface area (Å²) in [5, 5.41) is 12.2. The Morgan fingerprint density at radius 3 is 2.04 bits per heavy atom. The summed E-state index contributed by atoms with van der Waals surface area (Å²) in [4.78, 5) is 21.0. The third kappa shape index (κ3) is 7.41. The minimum Gasteiger partial charge on any atom is -0.383 e. The highest BCUT2D eigenvalue weighted by atomic mass is 32.2. The number of fused-ring (bicyclic) bond motifs is 5. The standard InChI is InChI=1S/C38H55F5N2O2S/c1-34-19-16-29(46)26-28(34)25-27(15-12-10-8-6-4-3-5-7-9-11-13-24-48-33-44-22-14-23-45-33)32-30(34)17-20-35(2)31(32)18-21-36(35,47)37(39,40)38(41,42)43/h14,22-23,26-27,30-32,47H,3-13,15-21,24-25H2,1-2H3/t27?,30-,31+,32-,34+,35+,36?/m1/s1. The van der Waals surface area contributed by atoms with Gasteiger partial charge in [-0.1, -0.05) is 95.4 Å². The Hall–Kier alpha value is -1.55. The quantitative estimate of drug-likeness (QED) is 0.0806. The zero-order valence-corrected chi connectivity index (χ0v) is 29.6. The topological polar surface area (TPSA) is 63.1 Å². The number of ketones is 1. The molecule has 1 heterocycles. The Morgan fingerprint density at radius 2 is 1.42 bits per heavy atom. The number of aliphatic hydroxyl groups is 1. The van der Waals surface area contributed by atoms with E-state index in [2.05, 4.69) is 16.9 Å². The van der Waals surface area contributed by atoms with E-state index >= 15 is 8.78 Å². The fourth-order valence-electron chi connectivity index (χ4n) is 10.4. The molecule has 5 rings (SSSR count). The number of allylic oxidation sites excluding steroid dienone is 1. The van der Waals surface area contributed by atoms with Crippen molar-refractivity contribution >= 4 is 17.5 Å². The molecule has 0 radical (unpaired) electrons. The number of hydrogen-bond donors (Lipinski definition) is 1. The van der Waals surface area contributed by atoms with Crippen LogP contribution in [-0.2, 0) is 4.79 Å². The molecule has 0 saturated heterocycles. The molecule has 7 atom stereocenters. The Kier molecular flexibility index (Phi) is 12.1. The fraction of sp³-hybridized carbons (Fsp3) is 0.816. The molecule has 0 spiro atoms. The van der Waals surface area contributed by atoms with Crippen molar-refractivity contribution in [3.63, 3.8) is 0 Å². The van der Waals surface area contributed by atoms with Crippen LogP contribution in [0.1, 0.15) is 136 Å². The maximum Gasteiger partial charge on any atom is 0.456 e. The van der Waals surface area contributed by atoms with Gasteiger partial charge in [0.25, 0.3) is 0 Å². The molecular weight excluding hydrogens is 643 g/mol. The SMILES string of the molecule is C[C@]12CCC(=O)C=C1CC(CCCCCCCCCCCCCSc1ncccn1)[C@@H]1[C@H]2CC[C@@]2(C)[C@H]1CCC2(O)C(F)(F)C(F)(F)F. The molecule has 1 aromatic rings. The number of carbonyl (C=O) groups excluding carboxylic acids is 1. The summed E-state index contributed by atoms with van der Waals surface area (Å²) in [7, 11) is 0. The first kappa shape index (κ1) is 37.7. The van der Waals surface area contributed by atoms with Gasteiger partial charge in [-0.3, -0.25) is 4.79 Å². The maximum atomic E-state index is 15.1. The van der Waals surface area contributed by atoms with Crippen LogP contribution in [0.2, 0.25) is 0 Å². The van der Waals surface area contributed by atoms with Crippen molar-refractivity contribution in [3.05, 3.63) is 30.1 Å². The smallest absolute Gasteiger partial charge is 0.383 e. The minimum absolute atomic E-state index is 0.0255. The summed E-state index contributed by atoms with van der Waals surface area (Å²) in [6.45, 7) is 3.70. The van der Waals surface area contributed by atoms with Gasteiger partial charge in [-0.2, -0.15) is 22.0 Å². The lowest BCUT2D eigenvalue weighted by Gasteiger charge is -2.62. The van der Waals surface area contributed by atoms with Crippen LogP contribution in [0.25, 0.3) is 0 Å². The summed E-state index contributed by atoms with van der Waals surface area (Å²) in [6.07, 6.45) is 15.7. The van der Waals surface area contributed by atoms with Gasteiger partial charge in [-0.15, -0.1) is 0 Å².